The number of halogens is 1. The number of aromatic nitrogens is 2. The lowest BCUT2D eigenvalue weighted by molar-refractivity contribution is -0.137. The molecule has 0 saturated heterocycles. The number of likely N-dealkylation sites (N-methyl/N-ethyl adjacent to an activating group) is 1. The molecule has 0 amide bonds. The Labute approximate surface area is 134 Å². The van der Waals surface area contributed by atoms with E-state index in [0.29, 0.717) is 11.6 Å². The minimum Gasteiger partial charge on any atom is -0.481 e. The lowest BCUT2D eigenvalue weighted by Crippen LogP contribution is -2.27. The normalized spacial score (nSPS) is 14.8. The summed E-state index contributed by atoms with van der Waals surface area (Å²) in [5.41, 5.74) is 4.07. The van der Waals surface area contributed by atoms with E-state index in [0.717, 1.165) is 42.0 Å². The number of carbonyl (C=O) groups is 1. The van der Waals surface area contributed by atoms with Gasteiger partial charge in [-0.3, -0.25) is 9.48 Å². The van der Waals surface area contributed by atoms with Crippen LogP contribution in [0.3, 0.4) is 0 Å². The van der Waals surface area contributed by atoms with Gasteiger partial charge in [-0.25, -0.2) is 0 Å². The zero-order valence-electron chi connectivity index (χ0n) is 12.4. The number of benzene rings is 1. The van der Waals surface area contributed by atoms with Gasteiger partial charge in [0.2, 0.25) is 0 Å². The van der Waals surface area contributed by atoms with E-state index in [1.165, 1.54) is 0 Å². The van der Waals surface area contributed by atoms with Crippen LogP contribution in [0.15, 0.2) is 24.3 Å². The van der Waals surface area contributed by atoms with Gasteiger partial charge < -0.3 is 10.0 Å². The van der Waals surface area contributed by atoms with Gasteiger partial charge in [-0.2, -0.15) is 5.10 Å². The molecule has 1 aliphatic rings. The number of hydrogen-bond acceptors (Lipinski definition) is 3. The molecule has 1 aromatic carbocycles. The van der Waals surface area contributed by atoms with Crippen LogP contribution in [0.5, 0.6) is 0 Å². The first-order valence-electron chi connectivity index (χ1n) is 7.30. The van der Waals surface area contributed by atoms with Crippen molar-refractivity contribution in [3.8, 4) is 11.3 Å². The van der Waals surface area contributed by atoms with Crippen LogP contribution in [0.4, 0.5) is 0 Å². The van der Waals surface area contributed by atoms with Crippen LogP contribution in [0.1, 0.15) is 17.7 Å². The molecule has 5 nitrogen and oxygen atoms in total. The Kier molecular flexibility index (Phi) is 4.18. The number of fused-ring (bicyclic) bond motifs is 1. The molecule has 0 aliphatic carbocycles. The first-order chi connectivity index (χ1) is 10.6. The molecule has 0 fully saturated rings. The van der Waals surface area contributed by atoms with Crippen LogP contribution in [-0.4, -0.2) is 39.3 Å². The SMILES string of the molecule is CN1CCc2c(c(-c3ccccc3Cl)nn2CCC(=O)O)C1. The van der Waals surface area contributed by atoms with Gasteiger partial charge in [0.05, 0.1) is 23.7 Å². The molecular formula is C16H18ClN3O2. The zero-order valence-corrected chi connectivity index (χ0v) is 13.2. The summed E-state index contributed by atoms with van der Waals surface area (Å²) in [6.07, 6.45) is 0.953. The molecule has 0 radical (unpaired) electrons. The highest BCUT2D eigenvalue weighted by Crippen LogP contribution is 2.33. The zero-order chi connectivity index (χ0) is 15.7. The van der Waals surface area contributed by atoms with Crippen molar-refractivity contribution in [3.63, 3.8) is 0 Å². The molecule has 1 aliphatic heterocycles. The number of nitrogens with zero attached hydrogens (tertiary/aromatic N) is 3. The minimum absolute atomic E-state index is 0.0753. The molecule has 0 spiro atoms. The number of aliphatic carboxylic acids is 1. The summed E-state index contributed by atoms with van der Waals surface area (Å²) in [7, 11) is 2.08. The second-order valence-electron chi connectivity index (χ2n) is 5.61. The van der Waals surface area contributed by atoms with Gasteiger partial charge >= 0.3 is 5.97 Å². The van der Waals surface area contributed by atoms with Crippen molar-refractivity contribution in [2.75, 3.05) is 13.6 Å². The van der Waals surface area contributed by atoms with E-state index in [1.807, 2.05) is 28.9 Å². The van der Waals surface area contributed by atoms with Crippen molar-refractivity contribution in [2.24, 2.45) is 0 Å². The Balaban J connectivity index is 2.06. The van der Waals surface area contributed by atoms with Crippen molar-refractivity contribution in [1.29, 1.82) is 0 Å². The third-order valence-electron chi connectivity index (χ3n) is 3.99. The van der Waals surface area contributed by atoms with Crippen molar-refractivity contribution in [3.05, 3.63) is 40.5 Å². The van der Waals surface area contributed by atoms with E-state index in [-0.39, 0.29) is 6.42 Å². The number of carboxylic acids is 1. The summed E-state index contributed by atoms with van der Waals surface area (Å²) in [5.74, 6) is -0.809. The molecule has 1 N–H and O–H groups in total. The Bertz CT molecular complexity index is 711. The Morgan fingerprint density at radius 2 is 2.18 bits per heavy atom. The van der Waals surface area contributed by atoms with E-state index < -0.39 is 5.97 Å². The van der Waals surface area contributed by atoms with Crippen LogP contribution in [0.2, 0.25) is 5.02 Å². The van der Waals surface area contributed by atoms with Crippen molar-refractivity contribution in [2.45, 2.75) is 25.9 Å². The van der Waals surface area contributed by atoms with Crippen LogP contribution in [0.25, 0.3) is 11.3 Å². The lowest BCUT2D eigenvalue weighted by Gasteiger charge is -2.23. The smallest absolute Gasteiger partial charge is 0.305 e. The third kappa shape index (κ3) is 2.87. The molecule has 22 heavy (non-hydrogen) atoms. The number of carboxylic acid groups (broad SMARTS) is 1. The lowest BCUT2D eigenvalue weighted by atomic mass is 10.0. The third-order valence-corrected chi connectivity index (χ3v) is 4.32. The van der Waals surface area contributed by atoms with E-state index in [4.69, 9.17) is 16.7 Å². The van der Waals surface area contributed by atoms with E-state index in [1.54, 1.807) is 0 Å². The predicted octanol–water partition coefficient (Wildman–Crippen LogP) is 2.67. The molecule has 6 heteroatoms. The monoisotopic (exact) mass is 319 g/mol. The molecule has 0 bridgehead atoms. The van der Waals surface area contributed by atoms with Gasteiger partial charge in [0, 0.05) is 36.3 Å². The fourth-order valence-corrected chi connectivity index (χ4v) is 3.11. The van der Waals surface area contributed by atoms with E-state index in [9.17, 15) is 4.79 Å². The van der Waals surface area contributed by atoms with Gasteiger partial charge in [0.15, 0.2) is 0 Å². The fourth-order valence-electron chi connectivity index (χ4n) is 2.88. The molecule has 2 heterocycles. The molecule has 1 aromatic heterocycles. The maximum Gasteiger partial charge on any atom is 0.305 e. The summed E-state index contributed by atoms with van der Waals surface area (Å²) in [6.45, 7) is 2.16. The fraction of sp³-hybridized carbons (Fsp3) is 0.375. The average molecular weight is 320 g/mol. The Morgan fingerprint density at radius 1 is 1.41 bits per heavy atom. The van der Waals surface area contributed by atoms with Crippen molar-refractivity contribution < 1.29 is 9.90 Å². The standard InChI is InChI=1S/C16H18ClN3O2/c1-19-8-6-14-12(10-19)16(11-4-2-3-5-13(11)17)18-20(14)9-7-15(21)22/h2-5H,6-10H2,1H3,(H,21,22). The van der Waals surface area contributed by atoms with Crippen LogP contribution < -0.4 is 0 Å². The van der Waals surface area contributed by atoms with Gasteiger partial charge in [-0.1, -0.05) is 29.8 Å². The average Bonchev–Trinajstić information content (AvgIpc) is 2.83. The summed E-state index contributed by atoms with van der Waals surface area (Å²) >= 11 is 6.32. The van der Waals surface area contributed by atoms with Gasteiger partial charge in [-0.05, 0) is 13.1 Å². The second-order valence-corrected chi connectivity index (χ2v) is 6.02. The second kappa shape index (κ2) is 6.10. The molecular weight excluding hydrogens is 302 g/mol. The highest BCUT2D eigenvalue weighted by molar-refractivity contribution is 6.33. The maximum absolute atomic E-state index is 10.9. The predicted molar refractivity (Wildman–Crippen MR) is 85.0 cm³/mol. The first-order valence-corrected chi connectivity index (χ1v) is 7.68. The van der Waals surface area contributed by atoms with Gasteiger partial charge in [0.25, 0.3) is 0 Å². The number of hydrogen-bond donors (Lipinski definition) is 1. The Morgan fingerprint density at radius 3 is 2.91 bits per heavy atom. The van der Waals surface area contributed by atoms with Crippen LogP contribution in [0, 0.1) is 0 Å². The first kappa shape index (κ1) is 15.1. The maximum atomic E-state index is 10.9. The highest BCUT2D eigenvalue weighted by Gasteiger charge is 2.25. The number of aryl methyl sites for hydroxylation is 1. The van der Waals surface area contributed by atoms with Gasteiger partial charge in [0.1, 0.15) is 0 Å². The van der Waals surface area contributed by atoms with Crippen LogP contribution >= 0.6 is 11.6 Å². The summed E-state index contributed by atoms with van der Waals surface area (Å²) < 4.78 is 1.84. The molecule has 2 aromatic rings. The summed E-state index contributed by atoms with van der Waals surface area (Å²) in [5, 5.41) is 14.3. The van der Waals surface area contributed by atoms with Crippen LogP contribution in [-0.2, 0) is 24.3 Å². The molecule has 0 saturated carbocycles. The minimum atomic E-state index is -0.809. The van der Waals surface area contributed by atoms with Gasteiger partial charge in [-0.15, -0.1) is 0 Å². The molecule has 0 unspecified atom stereocenters. The quantitative estimate of drug-likeness (QED) is 0.941. The van der Waals surface area contributed by atoms with Crippen molar-refractivity contribution >= 4 is 17.6 Å². The van der Waals surface area contributed by atoms with E-state index >= 15 is 0 Å². The topological polar surface area (TPSA) is 58.4 Å². The summed E-state index contributed by atoms with van der Waals surface area (Å²) in [6, 6.07) is 7.65. The largest absolute Gasteiger partial charge is 0.481 e. The number of rotatable bonds is 4. The molecule has 3 rings (SSSR count). The highest BCUT2D eigenvalue weighted by atomic mass is 35.5. The van der Waals surface area contributed by atoms with Crippen molar-refractivity contribution in [1.82, 2.24) is 14.7 Å². The Hall–Kier alpha value is -1.85. The molecule has 0 atom stereocenters. The molecule has 116 valence electrons. The summed E-state index contributed by atoms with van der Waals surface area (Å²) in [4.78, 5) is 13.1. The van der Waals surface area contributed by atoms with E-state index in [2.05, 4.69) is 17.0 Å².